The molecular formula is C62H115O11P. The van der Waals surface area contributed by atoms with Crippen LogP contribution in [-0.4, -0.2) is 66.5 Å². The smallest absolute Gasteiger partial charge is 0.462 e. The molecule has 0 aliphatic carbocycles. The molecule has 0 radical (unpaired) electrons. The fraction of sp³-hybridized carbons (Fsp3) is 0.855. The van der Waals surface area contributed by atoms with Gasteiger partial charge in [-0.05, 0) is 77.0 Å². The van der Waals surface area contributed by atoms with Crippen molar-refractivity contribution < 1.29 is 52.2 Å². The van der Waals surface area contributed by atoms with E-state index in [-0.39, 0.29) is 25.9 Å². The molecule has 0 spiro atoms. The minimum absolute atomic E-state index is 0.165. The highest BCUT2D eigenvalue weighted by molar-refractivity contribution is 7.47. The average molecular weight is 1070 g/mol. The van der Waals surface area contributed by atoms with Gasteiger partial charge in [-0.3, -0.25) is 23.4 Å². The molecule has 434 valence electrons. The van der Waals surface area contributed by atoms with E-state index in [1.54, 1.807) is 0 Å². The van der Waals surface area contributed by atoms with Gasteiger partial charge >= 0.3 is 25.7 Å². The summed E-state index contributed by atoms with van der Waals surface area (Å²) in [5, 5.41) is 9.81. The number of aliphatic hydroxyl groups is 1. The SMILES string of the molecule is CCCCC/C=C\C/C=C\CCCCCCCCCCCC(=O)OC(COC(=O)CCCCCCCCC/C=C\CCCCCCCC)COP(=O)(O)OCC(CO)OC(=O)CCCCCCCCCCCCC. The van der Waals surface area contributed by atoms with Crippen LogP contribution in [-0.2, 0) is 42.2 Å². The van der Waals surface area contributed by atoms with Gasteiger partial charge in [-0.25, -0.2) is 4.57 Å². The fourth-order valence-corrected chi connectivity index (χ4v) is 9.58. The number of hydrogen-bond donors (Lipinski definition) is 2. The molecule has 0 aliphatic rings. The van der Waals surface area contributed by atoms with Crippen molar-refractivity contribution in [3.05, 3.63) is 36.5 Å². The molecule has 0 saturated heterocycles. The highest BCUT2D eigenvalue weighted by Gasteiger charge is 2.28. The van der Waals surface area contributed by atoms with Gasteiger partial charge in [0.05, 0.1) is 19.8 Å². The second kappa shape index (κ2) is 56.9. The Morgan fingerprint density at radius 3 is 1.04 bits per heavy atom. The van der Waals surface area contributed by atoms with E-state index in [1.807, 2.05) is 0 Å². The molecule has 12 heteroatoms. The topological polar surface area (TPSA) is 155 Å². The van der Waals surface area contributed by atoms with Gasteiger partial charge in [0.15, 0.2) is 6.10 Å². The zero-order valence-corrected chi connectivity index (χ0v) is 49.0. The van der Waals surface area contributed by atoms with Crippen LogP contribution in [0.5, 0.6) is 0 Å². The van der Waals surface area contributed by atoms with Crippen LogP contribution in [0.15, 0.2) is 36.5 Å². The number of unbranched alkanes of at least 4 members (excludes halogenated alkanes) is 35. The van der Waals surface area contributed by atoms with E-state index in [4.69, 9.17) is 23.3 Å². The van der Waals surface area contributed by atoms with Crippen LogP contribution >= 0.6 is 7.82 Å². The largest absolute Gasteiger partial charge is 0.472 e. The van der Waals surface area contributed by atoms with Gasteiger partial charge in [0, 0.05) is 19.3 Å². The summed E-state index contributed by atoms with van der Waals surface area (Å²) >= 11 is 0. The first-order chi connectivity index (χ1) is 36.2. The lowest BCUT2D eigenvalue weighted by Crippen LogP contribution is -2.30. The summed E-state index contributed by atoms with van der Waals surface area (Å²) in [5.74, 6) is -1.45. The minimum atomic E-state index is -4.74. The van der Waals surface area contributed by atoms with E-state index < -0.39 is 57.8 Å². The molecule has 0 aromatic rings. The van der Waals surface area contributed by atoms with Gasteiger partial charge in [-0.1, -0.05) is 243 Å². The average Bonchev–Trinajstić information content (AvgIpc) is 3.39. The zero-order valence-electron chi connectivity index (χ0n) is 48.1. The van der Waals surface area contributed by atoms with Crippen molar-refractivity contribution in [3.63, 3.8) is 0 Å². The highest BCUT2D eigenvalue weighted by atomic mass is 31.2. The van der Waals surface area contributed by atoms with Gasteiger partial charge in [-0.2, -0.15) is 0 Å². The van der Waals surface area contributed by atoms with Crippen LogP contribution < -0.4 is 0 Å². The third-order valence-electron chi connectivity index (χ3n) is 13.5. The molecule has 0 amide bonds. The van der Waals surface area contributed by atoms with Crippen LogP contribution in [0, 0.1) is 0 Å². The third-order valence-corrected chi connectivity index (χ3v) is 14.5. The van der Waals surface area contributed by atoms with E-state index in [0.29, 0.717) is 19.3 Å². The first-order valence-corrected chi connectivity index (χ1v) is 32.4. The quantitative estimate of drug-likeness (QED) is 0.0197. The van der Waals surface area contributed by atoms with Gasteiger partial charge in [-0.15, -0.1) is 0 Å². The molecule has 11 nitrogen and oxygen atoms in total. The minimum Gasteiger partial charge on any atom is -0.462 e. The lowest BCUT2D eigenvalue weighted by Gasteiger charge is -2.21. The number of allylic oxidation sites excluding steroid dienone is 6. The summed E-state index contributed by atoms with van der Waals surface area (Å²) in [6, 6.07) is 0. The maximum Gasteiger partial charge on any atom is 0.472 e. The number of carbonyl (C=O) groups excluding carboxylic acids is 3. The van der Waals surface area contributed by atoms with E-state index in [2.05, 4.69) is 57.2 Å². The second-order valence-electron chi connectivity index (χ2n) is 20.9. The van der Waals surface area contributed by atoms with E-state index >= 15 is 0 Å². The maximum absolute atomic E-state index is 12.9. The number of rotatable bonds is 58. The molecule has 2 N–H and O–H groups in total. The number of phosphoric acid groups is 1. The first-order valence-electron chi connectivity index (χ1n) is 30.9. The van der Waals surface area contributed by atoms with E-state index in [1.165, 1.54) is 167 Å². The Morgan fingerprint density at radius 2 is 0.662 bits per heavy atom. The number of phosphoric ester groups is 1. The monoisotopic (exact) mass is 1070 g/mol. The fourth-order valence-electron chi connectivity index (χ4n) is 8.79. The molecule has 0 aliphatic heterocycles. The number of hydrogen-bond acceptors (Lipinski definition) is 10. The molecular weight excluding hydrogens is 952 g/mol. The summed E-state index contributed by atoms with van der Waals surface area (Å²) in [5.41, 5.74) is 0. The Labute approximate surface area is 454 Å². The first kappa shape index (κ1) is 71.7. The molecule has 0 heterocycles. The Bertz CT molecular complexity index is 1380. The lowest BCUT2D eigenvalue weighted by molar-refractivity contribution is -0.161. The molecule has 0 bridgehead atoms. The number of aliphatic hydroxyl groups excluding tert-OH is 1. The summed E-state index contributed by atoms with van der Waals surface area (Å²) < 4.78 is 39.6. The standard InChI is InChI=1S/C62H115O11P/c1-4-7-10-13-16-19-22-24-26-28-29-31-33-35-38-41-44-47-50-53-62(66)73-59(55-69-60(64)51-48-45-42-39-37-34-32-30-27-25-23-20-17-14-11-8-5-2)57-71-74(67,68)70-56-58(54-63)72-61(65)52-49-46-43-40-36-21-18-15-12-9-6-3/h16,19,24-27,58-59,63H,4-15,17-18,20-23,28-57H2,1-3H3,(H,67,68)/b19-16-,26-24-,27-25-. The third kappa shape index (κ3) is 54.5. The lowest BCUT2D eigenvalue weighted by atomic mass is 10.1. The van der Waals surface area contributed by atoms with Crippen molar-refractivity contribution in [2.45, 2.75) is 315 Å². The molecule has 3 atom stereocenters. The Balaban J connectivity index is 4.69. The summed E-state index contributed by atoms with van der Waals surface area (Å²) in [6.07, 6.45) is 59.5. The Morgan fingerprint density at radius 1 is 0.378 bits per heavy atom. The molecule has 0 aromatic carbocycles. The normalized spacial score (nSPS) is 13.5. The van der Waals surface area contributed by atoms with Crippen molar-refractivity contribution in [3.8, 4) is 0 Å². The number of carbonyl (C=O) groups is 3. The molecule has 0 aromatic heterocycles. The van der Waals surface area contributed by atoms with Crippen molar-refractivity contribution in [2.24, 2.45) is 0 Å². The van der Waals surface area contributed by atoms with Gasteiger partial charge in [0.25, 0.3) is 0 Å². The van der Waals surface area contributed by atoms with Crippen molar-refractivity contribution in [1.29, 1.82) is 0 Å². The molecule has 0 saturated carbocycles. The second-order valence-corrected chi connectivity index (χ2v) is 22.3. The molecule has 74 heavy (non-hydrogen) atoms. The summed E-state index contributed by atoms with van der Waals surface area (Å²) in [7, 11) is -4.74. The zero-order chi connectivity index (χ0) is 54.1. The van der Waals surface area contributed by atoms with Crippen LogP contribution in [0.1, 0.15) is 303 Å². The van der Waals surface area contributed by atoms with Gasteiger partial charge in [0.2, 0.25) is 0 Å². The van der Waals surface area contributed by atoms with Crippen molar-refractivity contribution in [1.82, 2.24) is 0 Å². The van der Waals surface area contributed by atoms with Crippen LogP contribution in [0.25, 0.3) is 0 Å². The number of esters is 3. The van der Waals surface area contributed by atoms with Gasteiger partial charge in [0.1, 0.15) is 12.7 Å². The highest BCUT2D eigenvalue weighted by Crippen LogP contribution is 2.43. The number of ether oxygens (including phenoxy) is 3. The Hall–Kier alpha value is -2.30. The predicted octanol–water partition coefficient (Wildman–Crippen LogP) is 18.4. The molecule has 0 fully saturated rings. The van der Waals surface area contributed by atoms with E-state index in [9.17, 15) is 28.9 Å². The van der Waals surface area contributed by atoms with Crippen LogP contribution in [0.3, 0.4) is 0 Å². The maximum atomic E-state index is 12.9. The van der Waals surface area contributed by atoms with Crippen LogP contribution in [0.4, 0.5) is 0 Å². The van der Waals surface area contributed by atoms with E-state index in [0.717, 1.165) is 77.0 Å². The Kier molecular flexibility index (Phi) is 55.1. The van der Waals surface area contributed by atoms with Gasteiger partial charge < -0.3 is 24.2 Å². The predicted molar refractivity (Wildman–Crippen MR) is 307 cm³/mol. The van der Waals surface area contributed by atoms with Crippen molar-refractivity contribution in [2.75, 3.05) is 26.4 Å². The molecule has 0 rings (SSSR count). The van der Waals surface area contributed by atoms with Crippen molar-refractivity contribution >= 4 is 25.7 Å². The molecule has 3 unspecified atom stereocenters. The van der Waals surface area contributed by atoms with Crippen LogP contribution in [0.2, 0.25) is 0 Å². The summed E-state index contributed by atoms with van der Waals surface area (Å²) in [4.78, 5) is 48.6. The summed E-state index contributed by atoms with van der Waals surface area (Å²) in [6.45, 7) is 4.65.